The number of ether oxygens (including phenoxy) is 1. The molecule has 0 bridgehead atoms. The summed E-state index contributed by atoms with van der Waals surface area (Å²) in [6.45, 7) is 5.30. The molecule has 0 aliphatic carbocycles. The van der Waals surface area contributed by atoms with Crippen LogP contribution in [0.15, 0.2) is 30.5 Å². The van der Waals surface area contributed by atoms with Gasteiger partial charge in [0.05, 0.1) is 24.5 Å². The zero-order chi connectivity index (χ0) is 14.8. The summed E-state index contributed by atoms with van der Waals surface area (Å²) in [5.74, 6) is 0.880. The third kappa shape index (κ3) is 2.84. The van der Waals surface area contributed by atoms with Crippen molar-refractivity contribution in [3.63, 3.8) is 0 Å². The van der Waals surface area contributed by atoms with Gasteiger partial charge in [-0.3, -0.25) is 4.90 Å². The molecule has 2 aromatic rings. The van der Waals surface area contributed by atoms with Gasteiger partial charge in [0, 0.05) is 26.7 Å². The van der Waals surface area contributed by atoms with E-state index >= 15 is 0 Å². The van der Waals surface area contributed by atoms with Crippen LogP contribution in [0.2, 0.25) is 0 Å². The van der Waals surface area contributed by atoms with E-state index in [9.17, 15) is 4.39 Å². The Morgan fingerprint density at radius 2 is 2.24 bits per heavy atom. The Balaban J connectivity index is 1.77. The van der Waals surface area contributed by atoms with Crippen molar-refractivity contribution in [2.45, 2.75) is 32.7 Å². The van der Waals surface area contributed by atoms with Crippen molar-refractivity contribution in [3.05, 3.63) is 53.4 Å². The largest absolute Gasteiger partial charge is 0.378 e. The lowest BCUT2D eigenvalue weighted by atomic mass is 10.1. The molecule has 0 fully saturated rings. The van der Waals surface area contributed by atoms with Crippen LogP contribution in [-0.2, 0) is 24.4 Å². The second-order valence-corrected chi connectivity index (χ2v) is 5.47. The first kappa shape index (κ1) is 14.2. The third-order valence-electron chi connectivity index (χ3n) is 4.07. The summed E-state index contributed by atoms with van der Waals surface area (Å²) in [4.78, 5) is 6.86. The number of methoxy groups -OCH3 is 1. The maximum absolute atomic E-state index is 13.3. The number of imidazole rings is 1. The molecule has 1 aliphatic heterocycles. The second-order valence-electron chi connectivity index (χ2n) is 5.47. The molecule has 2 heterocycles. The van der Waals surface area contributed by atoms with Crippen LogP contribution in [0, 0.1) is 5.82 Å². The monoisotopic (exact) mass is 289 g/mol. The zero-order valence-electron chi connectivity index (χ0n) is 12.4. The van der Waals surface area contributed by atoms with Crippen LogP contribution in [0.3, 0.4) is 0 Å². The first-order valence-corrected chi connectivity index (χ1v) is 7.20. The predicted octanol–water partition coefficient (Wildman–Crippen LogP) is 2.75. The van der Waals surface area contributed by atoms with Gasteiger partial charge in [-0.1, -0.05) is 12.1 Å². The molecule has 0 amide bonds. The lowest BCUT2D eigenvalue weighted by Crippen LogP contribution is -2.37. The molecular weight excluding hydrogens is 269 g/mol. The Kier molecular flexibility index (Phi) is 4.03. The first-order valence-electron chi connectivity index (χ1n) is 7.20. The van der Waals surface area contributed by atoms with Crippen LogP contribution in [0.5, 0.6) is 0 Å². The standard InChI is InChI=1S/C16H20FN3O/c1-12-16-18-9-15(11-21-2)20(16)7-6-19(12)10-13-4-3-5-14(17)8-13/h3-5,8-9,12H,6-7,10-11H2,1-2H3/t12-/m1/s1. The van der Waals surface area contributed by atoms with E-state index in [-0.39, 0.29) is 11.9 Å². The highest BCUT2D eigenvalue weighted by atomic mass is 19.1. The Hall–Kier alpha value is -1.72. The van der Waals surface area contributed by atoms with Crippen LogP contribution < -0.4 is 0 Å². The number of nitrogens with zero attached hydrogens (tertiary/aromatic N) is 3. The van der Waals surface area contributed by atoms with Crippen molar-refractivity contribution < 1.29 is 9.13 Å². The molecule has 112 valence electrons. The number of hydrogen-bond donors (Lipinski definition) is 0. The Labute approximate surface area is 124 Å². The number of benzene rings is 1. The number of fused-ring (bicyclic) bond motifs is 1. The van der Waals surface area contributed by atoms with E-state index < -0.39 is 0 Å². The molecule has 1 aromatic heterocycles. The van der Waals surface area contributed by atoms with E-state index in [4.69, 9.17) is 4.74 Å². The van der Waals surface area contributed by atoms with Gasteiger partial charge in [-0.15, -0.1) is 0 Å². The first-order chi connectivity index (χ1) is 10.2. The molecule has 0 spiro atoms. The van der Waals surface area contributed by atoms with Crippen LogP contribution in [0.1, 0.15) is 30.0 Å². The van der Waals surface area contributed by atoms with Crippen molar-refractivity contribution in [2.75, 3.05) is 13.7 Å². The molecule has 4 nitrogen and oxygen atoms in total. The highest BCUT2D eigenvalue weighted by molar-refractivity contribution is 5.17. The van der Waals surface area contributed by atoms with Crippen LogP contribution >= 0.6 is 0 Å². The highest BCUT2D eigenvalue weighted by Gasteiger charge is 2.26. The van der Waals surface area contributed by atoms with E-state index in [1.54, 1.807) is 19.2 Å². The summed E-state index contributed by atoms with van der Waals surface area (Å²) in [6, 6.07) is 7.02. The molecule has 0 radical (unpaired) electrons. The van der Waals surface area contributed by atoms with Gasteiger partial charge >= 0.3 is 0 Å². The molecule has 5 heteroatoms. The minimum absolute atomic E-state index is 0.180. The molecule has 1 aliphatic rings. The number of rotatable bonds is 4. The van der Waals surface area contributed by atoms with Gasteiger partial charge in [0.1, 0.15) is 11.6 Å². The van der Waals surface area contributed by atoms with Crippen molar-refractivity contribution in [3.8, 4) is 0 Å². The van der Waals surface area contributed by atoms with E-state index in [0.29, 0.717) is 6.61 Å². The fourth-order valence-electron chi connectivity index (χ4n) is 2.95. The number of hydrogen-bond acceptors (Lipinski definition) is 3. The van der Waals surface area contributed by atoms with Crippen molar-refractivity contribution in [1.29, 1.82) is 0 Å². The van der Waals surface area contributed by atoms with Crippen molar-refractivity contribution in [2.24, 2.45) is 0 Å². The van der Waals surface area contributed by atoms with Gasteiger partial charge in [-0.2, -0.15) is 0 Å². The SMILES string of the molecule is COCc1cnc2n1CCN(Cc1cccc(F)c1)[C@@H]2C. The fraction of sp³-hybridized carbons (Fsp3) is 0.438. The smallest absolute Gasteiger partial charge is 0.126 e. The molecule has 1 aromatic carbocycles. The highest BCUT2D eigenvalue weighted by Crippen LogP contribution is 2.27. The van der Waals surface area contributed by atoms with Gasteiger partial charge < -0.3 is 9.30 Å². The second kappa shape index (κ2) is 5.95. The fourth-order valence-corrected chi connectivity index (χ4v) is 2.95. The van der Waals surface area contributed by atoms with Gasteiger partial charge in [-0.25, -0.2) is 9.37 Å². The summed E-state index contributed by atoms with van der Waals surface area (Å²) < 4.78 is 20.7. The Morgan fingerprint density at radius 1 is 1.38 bits per heavy atom. The van der Waals surface area contributed by atoms with E-state index in [0.717, 1.165) is 36.7 Å². The van der Waals surface area contributed by atoms with Crippen LogP contribution in [0.4, 0.5) is 4.39 Å². The van der Waals surface area contributed by atoms with Gasteiger partial charge in [0.15, 0.2) is 0 Å². The number of halogens is 1. The van der Waals surface area contributed by atoms with Crippen LogP contribution in [0.25, 0.3) is 0 Å². The zero-order valence-corrected chi connectivity index (χ0v) is 12.4. The summed E-state index contributed by atoms with van der Waals surface area (Å²) in [6.07, 6.45) is 1.89. The topological polar surface area (TPSA) is 30.3 Å². The molecule has 21 heavy (non-hydrogen) atoms. The van der Waals surface area contributed by atoms with Gasteiger partial charge in [0.25, 0.3) is 0 Å². The van der Waals surface area contributed by atoms with Gasteiger partial charge in [0.2, 0.25) is 0 Å². The van der Waals surface area contributed by atoms with Gasteiger partial charge in [-0.05, 0) is 24.6 Å². The van der Waals surface area contributed by atoms with Crippen molar-refractivity contribution in [1.82, 2.24) is 14.5 Å². The van der Waals surface area contributed by atoms with E-state index in [1.807, 2.05) is 12.3 Å². The lowest BCUT2D eigenvalue weighted by molar-refractivity contribution is 0.143. The average molecular weight is 289 g/mol. The average Bonchev–Trinajstić information content (AvgIpc) is 2.87. The molecule has 0 saturated heterocycles. The Morgan fingerprint density at radius 3 is 3.00 bits per heavy atom. The van der Waals surface area contributed by atoms with E-state index in [1.165, 1.54) is 6.07 Å². The molecule has 1 atom stereocenters. The maximum Gasteiger partial charge on any atom is 0.126 e. The number of aromatic nitrogens is 2. The van der Waals surface area contributed by atoms with Crippen LogP contribution in [-0.4, -0.2) is 28.1 Å². The summed E-state index contributed by atoms with van der Waals surface area (Å²) in [5, 5.41) is 0. The summed E-state index contributed by atoms with van der Waals surface area (Å²) in [5.41, 5.74) is 2.11. The molecule has 0 saturated carbocycles. The molecule has 3 rings (SSSR count). The minimum Gasteiger partial charge on any atom is -0.378 e. The quantitative estimate of drug-likeness (QED) is 0.867. The summed E-state index contributed by atoms with van der Waals surface area (Å²) in [7, 11) is 1.70. The van der Waals surface area contributed by atoms with E-state index in [2.05, 4.69) is 21.4 Å². The molecular formula is C16H20FN3O. The normalized spacial score (nSPS) is 18.7. The minimum atomic E-state index is -0.180. The Bertz CT molecular complexity index is 626. The molecule has 0 N–H and O–H groups in total. The predicted molar refractivity (Wildman–Crippen MR) is 78.2 cm³/mol. The lowest BCUT2D eigenvalue weighted by Gasteiger charge is -2.34. The third-order valence-corrected chi connectivity index (χ3v) is 4.07. The summed E-state index contributed by atoms with van der Waals surface area (Å²) >= 11 is 0. The molecule has 0 unspecified atom stereocenters. The maximum atomic E-state index is 13.3. The van der Waals surface area contributed by atoms with Crippen molar-refractivity contribution >= 4 is 0 Å².